The molecule has 0 saturated carbocycles. The van der Waals surface area contributed by atoms with Gasteiger partial charge in [0.2, 0.25) is 0 Å². The Morgan fingerprint density at radius 3 is 2.35 bits per heavy atom. The summed E-state index contributed by atoms with van der Waals surface area (Å²) in [6.07, 6.45) is -1.20. The van der Waals surface area contributed by atoms with Gasteiger partial charge in [-0.1, -0.05) is 47.5 Å². The van der Waals surface area contributed by atoms with Gasteiger partial charge in [0.05, 0.1) is 16.8 Å². The average Bonchev–Trinajstić information content (AvgIpc) is 3.36. The molecule has 2 atom stereocenters. The number of anilines is 1. The second kappa shape index (κ2) is 6.89. The summed E-state index contributed by atoms with van der Waals surface area (Å²) in [6, 6.07) is 13.7. The van der Waals surface area contributed by atoms with Crippen molar-refractivity contribution in [1.29, 1.82) is 0 Å². The highest BCUT2D eigenvalue weighted by molar-refractivity contribution is 6.33. The number of rotatable bonds is 5. The Kier molecular flexibility index (Phi) is 4.87. The van der Waals surface area contributed by atoms with Crippen LogP contribution in [0.2, 0.25) is 10.0 Å². The third-order valence-corrected chi connectivity index (χ3v) is 4.37. The van der Waals surface area contributed by atoms with Crippen LogP contribution in [0.25, 0.3) is 0 Å². The fourth-order valence-corrected chi connectivity index (χ4v) is 2.81. The minimum atomic E-state index is -1.20. The highest BCUT2D eigenvalue weighted by Gasteiger charge is 2.37. The molecule has 0 aromatic heterocycles. The molecule has 0 radical (unpaired) electrons. The maximum atomic E-state index is 12.4. The number of carbonyl (C=O) groups is 1. The number of benzene rings is 2. The van der Waals surface area contributed by atoms with Crippen molar-refractivity contribution in [3.8, 4) is 0 Å². The third-order valence-electron chi connectivity index (χ3n) is 3.79. The predicted octanol–water partition coefficient (Wildman–Crippen LogP) is 3.35. The lowest BCUT2D eigenvalue weighted by Crippen LogP contribution is -2.36. The second-order valence-electron chi connectivity index (χ2n) is 5.45. The molecule has 1 amide bonds. The number of hydrogen-bond acceptors (Lipinski definition) is 3. The summed E-state index contributed by atoms with van der Waals surface area (Å²) < 4.78 is 0. The maximum absolute atomic E-state index is 12.4. The maximum Gasteiger partial charge on any atom is 0.255 e. The first-order valence-electron chi connectivity index (χ1n) is 7.29. The van der Waals surface area contributed by atoms with E-state index < -0.39 is 18.1 Å². The smallest absolute Gasteiger partial charge is 0.255 e. The fraction of sp³-hybridized carbons (Fsp3) is 0.235. The SMILES string of the molecule is O=C(Nc1ccccc1Cl)C(O)C(c1ccc(Cl)cc1)N1CC1. The van der Waals surface area contributed by atoms with E-state index >= 15 is 0 Å². The zero-order valence-electron chi connectivity index (χ0n) is 12.2. The molecule has 1 heterocycles. The largest absolute Gasteiger partial charge is 0.381 e. The van der Waals surface area contributed by atoms with Crippen molar-refractivity contribution < 1.29 is 9.90 Å². The van der Waals surface area contributed by atoms with E-state index in [-0.39, 0.29) is 0 Å². The Hall–Kier alpha value is -1.59. The fourth-order valence-electron chi connectivity index (χ4n) is 2.50. The molecule has 1 aliphatic heterocycles. The van der Waals surface area contributed by atoms with Gasteiger partial charge in [-0.05, 0) is 29.8 Å². The number of aliphatic hydroxyl groups is 1. The van der Waals surface area contributed by atoms with Crippen LogP contribution in [0.1, 0.15) is 11.6 Å². The number of halogens is 2. The molecule has 0 bridgehead atoms. The standard InChI is InChI=1S/C17H16Cl2N2O2/c18-12-7-5-11(6-8-12)15(21-9-10-21)16(22)17(23)20-14-4-2-1-3-13(14)19/h1-8,15-16,22H,9-10H2,(H,20,23). The zero-order valence-corrected chi connectivity index (χ0v) is 13.8. The van der Waals surface area contributed by atoms with E-state index in [0.717, 1.165) is 18.7 Å². The van der Waals surface area contributed by atoms with Gasteiger partial charge in [0.15, 0.2) is 6.10 Å². The van der Waals surface area contributed by atoms with Crippen LogP contribution >= 0.6 is 23.2 Å². The van der Waals surface area contributed by atoms with Crippen molar-refractivity contribution in [2.75, 3.05) is 18.4 Å². The molecule has 2 N–H and O–H groups in total. The molecule has 2 aromatic carbocycles. The zero-order chi connectivity index (χ0) is 16.4. The Morgan fingerprint density at radius 1 is 1.09 bits per heavy atom. The molecule has 1 saturated heterocycles. The summed E-state index contributed by atoms with van der Waals surface area (Å²) in [5.41, 5.74) is 1.34. The number of para-hydroxylation sites is 1. The average molecular weight is 351 g/mol. The topological polar surface area (TPSA) is 52.3 Å². The molecule has 3 rings (SSSR count). The summed E-state index contributed by atoms with van der Waals surface area (Å²) in [7, 11) is 0. The molecule has 0 aliphatic carbocycles. The van der Waals surface area contributed by atoms with Gasteiger partial charge in [0, 0.05) is 18.1 Å². The van der Waals surface area contributed by atoms with Gasteiger partial charge in [-0.3, -0.25) is 9.69 Å². The van der Waals surface area contributed by atoms with Crippen LogP contribution in [0.5, 0.6) is 0 Å². The number of hydrogen-bond donors (Lipinski definition) is 2. The second-order valence-corrected chi connectivity index (χ2v) is 6.29. The molecule has 4 nitrogen and oxygen atoms in total. The van der Waals surface area contributed by atoms with E-state index in [1.165, 1.54) is 0 Å². The Balaban J connectivity index is 1.78. The Labute approximate surface area is 144 Å². The molecule has 6 heteroatoms. The van der Waals surface area contributed by atoms with E-state index in [9.17, 15) is 9.90 Å². The number of aliphatic hydroxyl groups excluding tert-OH is 1. The van der Waals surface area contributed by atoms with E-state index in [4.69, 9.17) is 23.2 Å². The molecule has 0 spiro atoms. The van der Waals surface area contributed by atoms with Crippen molar-refractivity contribution in [1.82, 2.24) is 4.90 Å². The van der Waals surface area contributed by atoms with E-state index in [2.05, 4.69) is 5.32 Å². The van der Waals surface area contributed by atoms with Gasteiger partial charge < -0.3 is 10.4 Å². The van der Waals surface area contributed by atoms with Crippen molar-refractivity contribution >= 4 is 34.8 Å². The van der Waals surface area contributed by atoms with Crippen LogP contribution in [-0.4, -0.2) is 35.1 Å². The van der Waals surface area contributed by atoms with Crippen LogP contribution in [-0.2, 0) is 4.79 Å². The highest BCUT2D eigenvalue weighted by atomic mass is 35.5. The molecule has 1 aliphatic rings. The molecule has 2 unspecified atom stereocenters. The minimum Gasteiger partial charge on any atom is -0.381 e. The van der Waals surface area contributed by atoms with Gasteiger partial charge in [0.1, 0.15) is 0 Å². The first-order valence-corrected chi connectivity index (χ1v) is 8.05. The van der Waals surface area contributed by atoms with Gasteiger partial charge in [-0.15, -0.1) is 0 Å². The van der Waals surface area contributed by atoms with Crippen LogP contribution in [0.3, 0.4) is 0 Å². The van der Waals surface area contributed by atoms with E-state index in [1.807, 2.05) is 17.0 Å². The summed E-state index contributed by atoms with van der Waals surface area (Å²) in [5, 5.41) is 14.3. The predicted molar refractivity (Wildman–Crippen MR) is 91.9 cm³/mol. The minimum absolute atomic E-state index is 0.394. The van der Waals surface area contributed by atoms with Gasteiger partial charge in [-0.25, -0.2) is 0 Å². The quantitative estimate of drug-likeness (QED) is 0.813. The number of nitrogens with one attached hydrogen (secondary N) is 1. The molecule has 2 aromatic rings. The molecular weight excluding hydrogens is 335 g/mol. The first-order chi connectivity index (χ1) is 11.1. The molecule has 23 heavy (non-hydrogen) atoms. The normalized spacial score (nSPS) is 16.7. The number of carbonyl (C=O) groups excluding carboxylic acids is 1. The van der Waals surface area contributed by atoms with Gasteiger partial charge >= 0.3 is 0 Å². The lowest BCUT2D eigenvalue weighted by molar-refractivity contribution is -0.126. The van der Waals surface area contributed by atoms with E-state index in [0.29, 0.717) is 15.7 Å². The lowest BCUT2D eigenvalue weighted by Gasteiger charge is -2.24. The van der Waals surface area contributed by atoms with Crippen LogP contribution in [0.4, 0.5) is 5.69 Å². The molecule has 120 valence electrons. The third kappa shape index (κ3) is 3.85. The summed E-state index contributed by atoms with van der Waals surface area (Å²) in [4.78, 5) is 14.4. The number of nitrogens with zero attached hydrogens (tertiary/aromatic N) is 1. The summed E-state index contributed by atoms with van der Waals surface area (Å²) in [5.74, 6) is -0.482. The van der Waals surface area contributed by atoms with Crippen molar-refractivity contribution in [2.24, 2.45) is 0 Å². The Bertz CT molecular complexity index is 702. The lowest BCUT2D eigenvalue weighted by atomic mass is 10.0. The summed E-state index contributed by atoms with van der Waals surface area (Å²) >= 11 is 11.9. The molecule has 1 fully saturated rings. The van der Waals surface area contributed by atoms with E-state index in [1.54, 1.807) is 36.4 Å². The molecular formula is C17H16Cl2N2O2. The highest BCUT2D eigenvalue weighted by Crippen LogP contribution is 2.31. The number of amides is 1. The van der Waals surface area contributed by atoms with Gasteiger partial charge in [0.25, 0.3) is 5.91 Å². The summed E-state index contributed by atoms with van der Waals surface area (Å²) in [6.45, 7) is 1.70. The van der Waals surface area contributed by atoms with Crippen LogP contribution in [0.15, 0.2) is 48.5 Å². The van der Waals surface area contributed by atoms with Crippen LogP contribution < -0.4 is 5.32 Å². The monoisotopic (exact) mass is 350 g/mol. The van der Waals surface area contributed by atoms with Crippen molar-refractivity contribution in [2.45, 2.75) is 12.1 Å². The van der Waals surface area contributed by atoms with Crippen LogP contribution in [0, 0.1) is 0 Å². The van der Waals surface area contributed by atoms with Gasteiger partial charge in [-0.2, -0.15) is 0 Å². The first kappa shape index (κ1) is 16.3. The van der Waals surface area contributed by atoms with Crippen molar-refractivity contribution in [3.05, 3.63) is 64.1 Å². The van der Waals surface area contributed by atoms with Crippen molar-refractivity contribution in [3.63, 3.8) is 0 Å². The Morgan fingerprint density at radius 2 is 1.74 bits per heavy atom.